The number of hydrogen-bond donors (Lipinski definition) is 0. The van der Waals surface area contributed by atoms with Crippen molar-refractivity contribution in [3.05, 3.63) is 51.0 Å². The Labute approximate surface area is 111 Å². The summed E-state index contributed by atoms with van der Waals surface area (Å²) in [5.74, 6) is -0.629. The topological polar surface area (TPSA) is 30.0 Å². The molecule has 2 aromatic rings. The highest BCUT2D eigenvalue weighted by Gasteiger charge is 2.35. The second-order valence-electron chi connectivity index (χ2n) is 4.02. The molecular formula is C13H10F3NOS. The van der Waals surface area contributed by atoms with Crippen LogP contribution in [0.5, 0.6) is 0 Å². The minimum absolute atomic E-state index is 0.259. The van der Waals surface area contributed by atoms with Crippen LogP contribution in [0, 0.1) is 13.8 Å². The van der Waals surface area contributed by atoms with Crippen molar-refractivity contribution in [1.82, 2.24) is 4.98 Å². The van der Waals surface area contributed by atoms with E-state index in [1.54, 1.807) is 13.8 Å². The quantitative estimate of drug-likeness (QED) is 0.780. The standard InChI is InChI=1S/C13H10F3NOS/c1-7-12(19-8(2)17-7)11(18)9-5-3-4-6-10(9)13(14,15)16/h3-6H,1-2H3. The minimum atomic E-state index is -4.54. The Balaban J connectivity index is 2.54. The third-order valence-corrected chi connectivity index (χ3v) is 3.66. The van der Waals surface area contributed by atoms with Crippen molar-refractivity contribution >= 4 is 17.1 Å². The SMILES string of the molecule is Cc1nc(C)c(C(=O)c2ccccc2C(F)(F)F)s1. The Morgan fingerprint density at radius 1 is 1.21 bits per heavy atom. The number of nitrogens with zero attached hydrogens (tertiary/aromatic N) is 1. The van der Waals surface area contributed by atoms with Gasteiger partial charge in [-0.2, -0.15) is 13.2 Å². The van der Waals surface area contributed by atoms with Crippen LogP contribution in [0.25, 0.3) is 0 Å². The number of hydrogen-bond acceptors (Lipinski definition) is 3. The molecule has 1 aromatic heterocycles. The number of halogens is 3. The normalized spacial score (nSPS) is 11.6. The average molecular weight is 285 g/mol. The Morgan fingerprint density at radius 2 is 1.84 bits per heavy atom. The first kappa shape index (κ1) is 13.7. The lowest BCUT2D eigenvalue weighted by Crippen LogP contribution is -2.13. The summed E-state index contributed by atoms with van der Waals surface area (Å²) in [6.45, 7) is 3.33. The number of rotatable bonds is 2. The van der Waals surface area contributed by atoms with Crippen LogP contribution in [0.15, 0.2) is 24.3 Å². The second kappa shape index (κ2) is 4.77. The number of benzene rings is 1. The van der Waals surface area contributed by atoms with Gasteiger partial charge in [0, 0.05) is 5.56 Å². The Morgan fingerprint density at radius 3 is 2.37 bits per heavy atom. The predicted octanol–water partition coefficient (Wildman–Crippen LogP) is 4.01. The van der Waals surface area contributed by atoms with Crippen molar-refractivity contribution in [2.75, 3.05) is 0 Å². The van der Waals surface area contributed by atoms with Gasteiger partial charge in [-0.1, -0.05) is 18.2 Å². The molecule has 0 saturated heterocycles. The highest BCUT2D eigenvalue weighted by Crippen LogP contribution is 2.33. The van der Waals surface area contributed by atoms with Crippen LogP contribution in [0.4, 0.5) is 13.2 Å². The summed E-state index contributed by atoms with van der Waals surface area (Å²) in [6.07, 6.45) is -4.54. The van der Waals surface area contributed by atoms with Gasteiger partial charge >= 0.3 is 6.18 Å². The van der Waals surface area contributed by atoms with Crippen LogP contribution in [0.2, 0.25) is 0 Å². The minimum Gasteiger partial charge on any atom is -0.288 e. The number of aromatic nitrogens is 1. The third kappa shape index (κ3) is 2.68. The lowest BCUT2D eigenvalue weighted by Gasteiger charge is -2.11. The van der Waals surface area contributed by atoms with E-state index in [4.69, 9.17) is 0 Å². The largest absolute Gasteiger partial charge is 0.417 e. The zero-order valence-electron chi connectivity index (χ0n) is 10.2. The molecule has 0 fully saturated rings. The van der Waals surface area contributed by atoms with Gasteiger partial charge in [0.25, 0.3) is 0 Å². The zero-order valence-corrected chi connectivity index (χ0v) is 11.0. The van der Waals surface area contributed by atoms with Crippen LogP contribution in [0.3, 0.4) is 0 Å². The molecule has 1 aromatic carbocycles. The maximum Gasteiger partial charge on any atom is 0.417 e. The molecule has 0 amide bonds. The smallest absolute Gasteiger partial charge is 0.288 e. The van der Waals surface area contributed by atoms with Gasteiger partial charge < -0.3 is 0 Å². The van der Waals surface area contributed by atoms with Crippen molar-refractivity contribution in [3.63, 3.8) is 0 Å². The van der Waals surface area contributed by atoms with E-state index in [0.717, 1.165) is 17.4 Å². The van der Waals surface area contributed by atoms with Gasteiger partial charge in [0.1, 0.15) is 0 Å². The number of carbonyl (C=O) groups excluding carboxylic acids is 1. The summed E-state index contributed by atoms with van der Waals surface area (Å²) in [5, 5.41) is 0.658. The first-order valence-electron chi connectivity index (χ1n) is 5.45. The van der Waals surface area contributed by atoms with Gasteiger partial charge in [0.15, 0.2) is 0 Å². The van der Waals surface area contributed by atoms with E-state index >= 15 is 0 Å². The highest BCUT2D eigenvalue weighted by molar-refractivity contribution is 7.14. The highest BCUT2D eigenvalue weighted by atomic mass is 32.1. The van der Waals surface area contributed by atoms with Crippen LogP contribution in [-0.4, -0.2) is 10.8 Å². The van der Waals surface area contributed by atoms with E-state index < -0.39 is 17.5 Å². The molecule has 0 unspecified atom stereocenters. The van der Waals surface area contributed by atoms with Crippen LogP contribution in [-0.2, 0) is 6.18 Å². The fraction of sp³-hybridized carbons (Fsp3) is 0.231. The number of aryl methyl sites for hydroxylation is 2. The summed E-state index contributed by atoms with van der Waals surface area (Å²) in [6, 6.07) is 4.80. The fourth-order valence-electron chi connectivity index (χ4n) is 1.79. The Hall–Kier alpha value is -1.69. The van der Waals surface area contributed by atoms with Crippen LogP contribution < -0.4 is 0 Å². The van der Waals surface area contributed by atoms with Crippen molar-refractivity contribution in [1.29, 1.82) is 0 Å². The number of thiazole rings is 1. The van der Waals surface area contributed by atoms with Gasteiger partial charge in [-0.25, -0.2) is 4.98 Å². The molecular weight excluding hydrogens is 275 g/mol. The van der Waals surface area contributed by atoms with Crippen molar-refractivity contribution in [2.24, 2.45) is 0 Å². The molecule has 0 spiro atoms. The van der Waals surface area contributed by atoms with Gasteiger partial charge in [-0.05, 0) is 19.9 Å². The lowest BCUT2D eigenvalue weighted by molar-refractivity contribution is -0.137. The summed E-state index contributed by atoms with van der Waals surface area (Å²) in [4.78, 5) is 16.5. The van der Waals surface area contributed by atoms with Crippen molar-refractivity contribution < 1.29 is 18.0 Å². The molecule has 0 bridgehead atoms. The molecule has 0 saturated carbocycles. The lowest BCUT2D eigenvalue weighted by atomic mass is 10.0. The first-order valence-corrected chi connectivity index (χ1v) is 6.27. The van der Waals surface area contributed by atoms with E-state index in [1.807, 2.05) is 0 Å². The molecule has 0 aliphatic heterocycles. The van der Waals surface area contributed by atoms with E-state index in [-0.39, 0.29) is 10.4 Å². The maximum absolute atomic E-state index is 12.9. The molecule has 19 heavy (non-hydrogen) atoms. The van der Waals surface area contributed by atoms with E-state index in [1.165, 1.54) is 18.2 Å². The van der Waals surface area contributed by atoms with Crippen LogP contribution >= 0.6 is 11.3 Å². The summed E-state index contributed by atoms with van der Waals surface area (Å²) in [5.41, 5.74) is -0.781. The molecule has 100 valence electrons. The van der Waals surface area contributed by atoms with E-state index in [9.17, 15) is 18.0 Å². The Bertz CT molecular complexity index is 631. The van der Waals surface area contributed by atoms with E-state index in [2.05, 4.69) is 4.98 Å². The average Bonchev–Trinajstić information content (AvgIpc) is 2.66. The zero-order chi connectivity index (χ0) is 14.2. The molecule has 0 aliphatic rings. The molecule has 1 heterocycles. The van der Waals surface area contributed by atoms with Crippen molar-refractivity contribution in [2.45, 2.75) is 20.0 Å². The summed E-state index contributed by atoms with van der Waals surface area (Å²) < 4.78 is 38.6. The molecule has 0 aliphatic carbocycles. The second-order valence-corrected chi connectivity index (χ2v) is 5.22. The molecule has 0 radical (unpaired) electrons. The molecule has 6 heteroatoms. The summed E-state index contributed by atoms with van der Waals surface area (Å²) in [7, 11) is 0. The van der Waals surface area contributed by atoms with Crippen LogP contribution in [0.1, 0.15) is 31.5 Å². The number of ketones is 1. The Kier molecular flexibility index (Phi) is 3.45. The molecule has 2 nitrogen and oxygen atoms in total. The van der Waals surface area contributed by atoms with E-state index in [0.29, 0.717) is 10.7 Å². The predicted molar refractivity (Wildman–Crippen MR) is 66.5 cm³/mol. The van der Waals surface area contributed by atoms with Gasteiger partial charge in [-0.15, -0.1) is 11.3 Å². The van der Waals surface area contributed by atoms with Gasteiger partial charge in [0.2, 0.25) is 5.78 Å². The summed E-state index contributed by atoms with van der Waals surface area (Å²) >= 11 is 1.11. The molecule has 0 N–H and O–H groups in total. The fourth-order valence-corrected chi connectivity index (χ4v) is 2.67. The molecule has 2 rings (SSSR count). The van der Waals surface area contributed by atoms with Gasteiger partial charge in [-0.3, -0.25) is 4.79 Å². The first-order chi connectivity index (χ1) is 8.80. The third-order valence-electron chi connectivity index (χ3n) is 2.59. The molecule has 0 atom stereocenters. The number of carbonyl (C=O) groups is 1. The van der Waals surface area contributed by atoms with Crippen molar-refractivity contribution in [3.8, 4) is 0 Å². The maximum atomic E-state index is 12.9. The number of alkyl halides is 3. The monoisotopic (exact) mass is 285 g/mol. The van der Waals surface area contributed by atoms with Gasteiger partial charge in [0.05, 0.1) is 21.1 Å².